The molecule has 1 saturated carbocycles. The quantitative estimate of drug-likeness (QED) is 0.702. The van der Waals surface area contributed by atoms with Crippen molar-refractivity contribution in [2.75, 3.05) is 5.32 Å². The van der Waals surface area contributed by atoms with Gasteiger partial charge in [-0.25, -0.2) is 0 Å². The van der Waals surface area contributed by atoms with Gasteiger partial charge in [-0.3, -0.25) is 4.79 Å². The molecule has 1 aromatic carbocycles. The van der Waals surface area contributed by atoms with Crippen LogP contribution in [0.4, 0.5) is 5.69 Å². The van der Waals surface area contributed by atoms with Crippen LogP contribution in [0.5, 0.6) is 5.75 Å². The molecule has 2 aliphatic rings. The molecule has 3 nitrogen and oxygen atoms in total. The second-order valence-corrected chi connectivity index (χ2v) is 4.40. The standard InChI is InChI=1S/C12H13NO2/c1-8-3-4-10-9(7-8)13-11(14)12(15-10)5-2-6-12/h3-4,7H,2,5-6H2,1H3,(H,13,14). The molecule has 0 aromatic heterocycles. The van der Waals surface area contributed by atoms with E-state index in [-0.39, 0.29) is 5.91 Å². The third-order valence-electron chi connectivity index (χ3n) is 3.26. The maximum atomic E-state index is 11.8. The van der Waals surface area contributed by atoms with Crippen LogP contribution in [0.25, 0.3) is 0 Å². The van der Waals surface area contributed by atoms with E-state index in [1.165, 1.54) is 0 Å². The van der Waals surface area contributed by atoms with Crippen LogP contribution >= 0.6 is 0 Å². The Morgan fingerprint density at radius 1 is 1.40 bits per heavy atom. The fourth-order valence-electron chi connectivity index (χ4n) is 2.15. The highest BCUT2D eigenvalue weighted by Gasteiger charge is 2.49. The van der Waals surface area contributed by atoms with E-state index < -0.39 is 5.60 Å². The van der Waals surface area contributed by atoms with Gasteiger partial charge >= 0.3 is 0 Å². The van der Waals surface area contributed by atoms with Crippen LogP contribution in [0.2, 0.25) is 0 Å². The Labute approximate surface area is 88.4 Å². The van der Waals surface area contributed by atoms with Gasteiger partial charge in [0.1, 0.15) is 5.75 Å². The minimum atomic E-state index is -0.553. The highest BCUT2D eigenvalue weighted by Crippen LogP contribution is 2.43. The van der Waals surface area contributed by atoms with Crippen LogP contribution in [-0.4, -0.2) is 11.5 Å². The number of anilines is 1. The third kappa shape index (κ3) is 1.16. The minimum Gasteiger partial charge on any atom is -0.475 e. The van der Waals surface area contributed by atoms with Crippen LogP contribution in [-0.2, 0) is 4.79 Å². The van der Waals surface area contributed by atoms with Crippen molar-refractivity contribution in [2.45, 2.75) is 31.8 Å². The monoisotopic (exact) mass is 203 g/mol. The molecule has 1 fully saturated rings. The van der Waals surface area contributed by atoms with Crippen molar-refractivity contribution in [3.8, 4) is 5.75 Å². The SMILES string of the molecule is Cc1ccc2c(c1)NC(=O)C1(CCC1)O2. The number of hydrogen-bond acceptors (Lipinski definition) is 2. The van der Waals surface area contributed by atoms with Crippen molar-refractivity contribution in [2.24, 2.45) is 0 Å². The molecule has 1 amide bonds. The minimum absolute atomic E-state index is 0.0202. The van der Waals surface area contributed by atoms with E-state index in [4.69, 9.17) is 4.74 Å². The second-order valence-electron chi connectivity index (χ2n) is 4.40. The van der Waals surface area contributed by atoms with Crippen molar-refractivity contribution in [1.82, 2.24) is 0 Å². The van der Waals surface area contributed by atoms with E-state index in [0.717, 1.165) is 36.3 Å². The van der Waals surface area contributed by atoms with Crippen LogP contribution < -0.4 is 10.1 Å². The zero-order valence-corrected chi connectivity index (χ0v) is 8.67. The number of benzene rings is 1. The summed E-state index contributed by atoms with van der Waals surface area (Å²) in [4.78, 5) is 11.8. The molecule has 15 heavy (non-hydrogen) atoms. The molecular weight excluding hydrogens is 190 g/mol. The summed E-state index contributed by atoms with van der Waals surface area (Å²) in [5, 5.41) is 2.93. The number of nitrogens with one attached hydrogen (secondary N) is 1. The fourth-order valence-corrected chi connectivity index (χ4v) is 2.15. The molecule has 1 spiro atoms. The van der Waals surface area contributed by atoms with Crippen molar-refractivity contribution in [3.63, 3.8) is 0 Å². The largest absolute Gasteiger partial charge is 0.475 e. The van der Waals surface area contributed by atoms with Crippen LogP contribution in [0.15, 0.2) is 18.2 Å². The Balaban J connectivity index is 2.02. The molecule has 0 bridgehead atoms. The lowest BCUT2D eigenvalue weighted by atomic mass is 9.78. The van der Waals surface area contributed by atoms with E-state index in [0.29, 0.717) is 0 Å². The van der Waals surface area contributed by atoms with Gasteiger partial charge in [-0.05, 0) is 43.9 Å². The lowest BCUT2D eigenvalue weighted by Gasteiger charge is -2.43. The lowest BCUT2D eigenvalue weighted by molar-refractivity contribution is -0.139. The zero-order chi connectivity index (χ0) is 10.5. The van der Waals surface area contributed by atoms with Gasteiger partial charge in [-0.1, -0.05) is 6.07 Å². The van der Waals surface area contributed by atoms with E-state index >= 15 is 0 Å². The van der Waals surface area contributed by atoms with Crippen molar-refractivity contribution in [3.05, 3.63) is 23.8 Å². The molecule has 3 rings (SSSR count). The Bertz CT molecular complexity index is 435. The van der Waals surface area contributed by atoms with E-state index in [9.17, 15) is 4.79 Å². The van der Waals surface area contributed by atoms with Gasteiger partial charge < -0.3 is 10.1 Å². The molecule has 0 unspecified atom stereocenters. The number of hydrogen-bond donors (Lipinski definition) is 1. The molecule has 0 saturated heterocycles. The summed E-state index contributed by atoms with van der Waals surface area (Å²) >= 11 is 0. The lowest BCUT2D eigenvalue weighted by Crippen LogP contribution is -2.55. The highest BCUT2D eigenvalue weighted by molar-refractivity contribution is 6.01. The number of fused-ring (bicyclic) bond motifs is 1. The van der Waals surface area contributed by atoms with E-state index in [1.807, 2.05) is 25.1 Å². The summed E-state index contributed by atoms with van der Waals surface area (Å²) in [5.41, 5.74) is 1.38. The number of rotatable bonds is 0. The molecule has 1 heterocycles. The first-order chi connectivity index (χ1) is 7.20. The summed E-state index contributed by atoms with van der Waals surface area (Å²) in [7, 11) is 0. The summed E-state index contributed by atoms with van der Waals surface area (Å²) in [6.07, 6.45) is 2.76. The summed E-state index contributed by atoms with van der Waals surface area (Å²) in [6.45, 7) is 2.00. The molecule has 1 aliphatic heterocycles. The number of aryl methyl sites for hydroxylation is 1. The van der Waals surface area contributed by atoms with Crippen molar-refractivity contribution >= 4 is 11.6 Å². The van der Waals surface area contributed by atoms with Gasteiger partial charge in [0.15, 0.2) is 5.60 Å². The summed E-state index contributed by atoms with van der Waals surface area (Å²) in [5.74, 6) is 0.826. The van der Waals surface area contributed by atoms with Crippen LogP contribution in [0, 0.1) is 6.92 Å². The third-order valence-corrected chi connectivity index (χ3v) is 3.26. The Hall–Kier alpha value is -1.51. The first kappa shape index (κ1) is 8.77. The first-order valence-corrected chi connectivity index (χ1v) is 5.31. The van der Waals surface area contributed by atoms with E-state index in [2.05, 4.69) is 5.32 Å². The maximum Gasteiger partial charge on any atom is 0.268 e. The van der Waals surface area contributed by atoms with Gasteiger partial charge in [-0.2, -0.15) is 0 Å². The average Bonchev–Trinajstić information content (AvgIpc) is 2.14. The Kier molecular flexibility index (Phi) is 1.61. The summed E-state index contributed by atoms with van der Waals surface area (Å²) in [6, 6.07) is 5.88. The number of carbonyl (C=O) groups is 1. The van der Waals surface area contributed by atoms with Crippen LogP contribution in [0.1, 0.15) is 24.8 Å². The van der Waals surface area contributed by atoms with E-state index in [1.54, 1.807) is 0 Å². The normalized spacial score (nSPS) is 21.3. The Morgan fingerprint density at radius 2 is 2.20 bits per heavy atom. The molecule has 3 heteroatoms. The molecule has 0 atom stereocenters. The van der Waals surface area contributed by atoms with Gasteiger partial charge in [0, 0.05) is 0 Å². The van der Waals surface area contributed by atoms with Crippen molar-refractivity contribution in [1.29, 1.82) is 0 Å². The first-order valence-electron chi connectivity index (χ1n) is 5.31. The smallest absolute Gasteiger partial charge is 0.268 e. The Morgan fingerprint density at radius 3 is 2.87 bits per heavy atom. The number of carbonyl (C=O) groups excluding carboxylic acids is 1. The molecule has 78 valence electrons. The number of amides is 1. The predicted octanol–water partition coefficient (Wildman–Crippen LogP) is 2.25. The molecule has 0 radical (unpaired) electrons. The van der Waals surface area contributed by atoms with Crippen LogP contribution in [0.3, 0.4) is 0 Å². The fraction of sp³-hybridized carbons (Fsp3) is 0.417. The highest BCUT2D eigenvalue weighted by atomic mass is 16.5. The predicted molar refractivity (Wildman–Crippen MR) is 57.0 cm³/mol. The number of ether oxygens (including phenoxy) is 1. The van der Waals surface area contributed by atoms with Crippen molar-refractivity contribution < 1.29 is 9.53 Å². The molecule has 1 aromatic rings. The van der Waals surface area contributed by atoms with Gasteiger partial charge in [-0.15, -0.1) is 0 Å². The molecule has 1 aliphatic carbocycles. The molecule has 1 N–H and O–H groups in total. The second kappa shape index (κ2) is 2.75. The zero-order valence-electron chi connectivity index (χ0n) is 8.67. The molecular formula is C12H13NO2. The average molecular weight is 203 g/mol. The van der Waals surface area contributed by atoms with Gasteiger partial charge in [0.25, 0.3) is 5.91 Å². The van der Waals surface area contributed by atoms with Gasteiger partial charge in [0.2, 0.25) is 0 Å². The summed E-state index contributed by atoms with van der Waals surface area (Å²) < 4.78 is 5.81. The van der Waals surface area contributed by atoms with Gasteiger partial charge in [0.05, 0.1) is 5.69 Å². The maximum absolute atomic E-state index is 11.8. The topological polar surface area (TPSA) is 38.3 Å².